The highest BCUT2D eigenvalue weighted by Crippen LogP contribution is 2.43. The zero-order valence-corrected chi connectivity index (χ0v) is 8.98. The highest BCUT2D eigenvalue weighted by Gasteiger charge is 2.36. The van der Waals surface area contributed by atoms with Gasteiger partial charge < -0.3 is 5.73 Å². The Kier molecular flexibility index (Phi) is 1.81. The van der Waals surface area contributed by atoms with Crippen LogP contribution in [0, 0.1) is 0 Å². The third-order valence-electron chi connectivity index (χ3n) is 2.56. The van der Waals surface area contributed by atoms with Crippen molar-refractivity contribution in [2.45, 2.75) is 18.4 Å². The van der Waals surface area contributed by atoms with E-state index in [0.717, 1.165) is 11.9 Å². The van der Waals surface area contributed by atoms with Gasteiger partial charge in [-0.05, 0) is 24.6 Å². The first-order valence-corrected chi connectivity index (χ1v) is 5.75. The minimum absolute atomic E-state index is 0.360. The minimum Gasteiger partial charge on any atom is -0.327 e. The van der Waals surface area contributed by atoms with Gasteiger partial charge in [0.05, 0.1) is 10.2 Å². The van der Waals surface area contributed by atoms with Crippen molar-refractivity contribution in [3.8, 4) is 0 Å². The molecule has 0 spiro atoms. The Bertz CT molecular complexity index is 494. The summed E-state index contributed by atoms with van der Waals surface area (Å²) in [6.45, 7) is 0. The Balaban J connectivity index is 2.11. The summed E-state index contributed by atoms with van der Waals surface area (Å²) in [7, 11) is 0. The second kappa shape index (κ2) is 2.92. The fourth-order valence-corrected chi connectivity index (χ4v) is 2.99. The molecule has 1 aliphatic rings. The largest absolute Gasteiger partial charge is 0.327 e. The van der Waals surface area contributed by atoms with Gasteiger partial charge in [-0.15, -0.1) is 11.3 Å². The van der Waals surface area contributed by atoms with Crippen LogP contribution in [0.3, 0.4) is 0 Å². The van der Waals surface area contributed by atoms with Gasteiger partial charge in [-0.1, -0.05) is 11.6 Å². The summed E-state index contributed by atoms with van der Waals surface area (Å²) < 4.78 is 1.20. The first-order valence-electron chi connectivity index (χ1n) is 4.55. The summed E-state index contributed by atoms with van der Waals surface area (Å²) >= 11 is 7.60. The van der Waals surface area contributed by atoms with E-state index in [2.05, 4.69) is 11.1 Å². The molecule has 1 aliphatic carbocycles. The number of halogens is 1. The van der Waals surface area contributed by atoms with Crippen molar-refractivity contribution in [2.75, 3.05) is 0 Å². The highest BCUT2D eigenvalue weighted by atomic mass is 35.5. The highest BCUT2D eigenvalue weighted by molar-refractivity contribution is 7.19. The van der Waals surface area contributed by atoms with Crippen LogP contribution in [0.5, 0.6) is 0 Å². The molecule has 2 heterocycles. The van der Waals surface area contributed by atoms with Crippen molar-refractivity contribution in [1.29, 1.82) is 0 Å². The van der Waals surface area contributed by atoms with E-state index in [1.165, 1.54) is 9.58 Å². The van der Waals surface area contributed by atoms with Gasteiger partial charge >= 0.3 is 0 Å². The number of aromatic nitrogens is 1. The molecule has 0 aromatic carbocycles. The van der Waals surface area contributed by atoms with E-state index in [-0.39, 0.29) is 0 Å². The fraction of sp³-hybridized carbons (Fsp3) is 0.300. The van der Waals surface area contributed by atoms with Gasteiger partial charge in [-0.3, -0.25) is 0 Å². The van der Waals surface area contributed by atoms with Crippen molar-refractivity contribution in [3.05, 3.63) is 28.2 Å². The number of pyridine rings is 1. The molecule has 72 valence electrons. The van der Waals surface area contributed by atoms with Gasteiger partial charge in [-0.25, -0.2) is 4.98 Å². The van der Waals surface area contributed by atoms with E-state index in [1.807, 2.05) is 12.1 Å². The molecule has 4 heteroatoms. The van der Waals surface area contributed by atoms with Crippen LogP contribution in [0.4, 0.5) is 0 Å². The SMILES string of the molecule is NC1CC1c1cc2nc(Cl)ccc2s1. The quantitative estimate of drug-likeness (QED) is 0.757. The number of thiophene rings is 1. The third-order valence-corrected chi connectivity index (χ3v) is 4.00. The van der Waals surface area contributed by atoms with Crippen LogP contribution in [-0.4, -0.2) is 11.0 Å². The topological polar surface area (TPSA) is 38.9 Å². The smallest absolute Gasteiger partial charge is 0.129 e. The molecule has 0 bridgehead atoms. The van der Waals surface area contributed by atoms with Crippen LogP contribution in [0.1, 0.15) is 17.2 Å². The first kappa shape index (κ1) is 8.65. The average molecular weight is 225 g/mol. The van der Waals surface area contributed by atoms with Crippen LogP contribution in [0.15, 0.2) is 18.2 Å². The van der Waals surface area contributed by atoms with Gasteiger partial charge in [-0.2, -0.15) is 0 Å². The van der Waals surface area contributed by atoms with Gasteiger partial charge in [0.2, 0.25) is 0 Å². The maximum atomic E-state index is 5.82. The van der Waals surface area contributed by atoms with Crippen molar-refractivity contribution < 1.29 is 0 Å². The standard InChI is InChI=1S/C10H9ClN2S/c11-10-2-1-8-7(13-10)4-9(14-8)5-3-6(5)12/h1-2,4-6H,3,12H2. The molecule has 14 heavy (non-hydrogen) atoms. The number of hydrogen-bond acceptors (Lipinski definition) is 3. The molecule has 2 nitrogen and oxygen atoms in total. The summed E-state index contributed by atoms with van der Waals surface area (Å²) in [5.74, 6) is 0.563. The molecular weight excluding hydrogens is 216 g/mol. The summed E-state index contributed by atoms with van der Waals surface area (Å²) in [5.41, 5.74) is 6.81. The van der Waals surface area contributed by atoms with Crippen LogP contribution >= 0.6 is 22.9 Å². The Labute approximate surface area is 90.7 Å². The van der Waals surface area contributed by atoms with Crippen molar-refractivity contribution in [2.24, 2.45) is 5.73 Å². The molecule has 2 aromatic heterocycles. The molecular formula is C10H9ClN2S. The predicted molar refractivity (Wildman–Crippen MR) is 60.0 cm³/mol. The number of rotatable bonds is 1. The second-order valence-corrected chi connectivity index (χ2v) is 5.17. The minimum atomic E-state index is 0.360. The van der Waals surface area contributed by atoms with Gasteiger partial charge in [0, 0.05) is 16.8 Å². The van der Waals surface area contributed by atoms with E-state index < -0.39 is 0 Å². The normalized spacial score (nSPS) is 25.6. The summed E-state index contributed by atoms with van der Waals surface area (Å²) in [6, 6.07) is 6.33. The summed E-state index contributed by atoms with van der Waals surface area (Å²) in [5, 5.41) is 0.557. The van der Waals surface area contributed by atoms with Crippen molar-refractivity contribution in [1.82, 2.24) is 4.98 Å². The Morgan fingerprint density at radius 3 is 3.00 bits per heavy atom. The molecule has 2 aromatic rings. The lowest BCUT2D eigenvalue weighted by Crippen LogP contribution is -1.99. The maximum absolute atomic E-state index is 5.82. The molecule has 2 atom stereocenters. The second-order valence-electron chi connectivity index (χ2n) is 3.67. The summed E-state index contributed by atoms with van der Waals surface area (Å²) in [6.07, 6.45) is 1.11. The number of nitrogens with two attached hydrogens (primary N) is 1. The lowest BCUT2D eigenvalue weighted by Gasteiger charge is -1.87. The van der Waals surface area contributed by atoms with E-state index in [9.17, 15) is 0 Å². The van der Waals surface area contributed by atoms with E-state index >= 15 is 0 Å². The van der Waals surface area contributed by atoms with Crippen LogP contribution in [0.2, 0.25) is 5.15 Å². The lowest BCUT2D eigenvalue weighted by atomic mass is 10.3. The molecule has 1 fully saturated rings. The van der Waals surface area contributed by atoms with E-state index in [4.69, 9.17) is 17.3 Å². The van der Waals surface area contributed by atoms with E-state index in [1.54, 1.807) is 11.3 Å². The molecule has 1 saturated carbocycles. The molecule has 0 amide bonds. The Morgan fingerprint density at radius 1 is 1.50 bits per heavy atom. The zero-order valence-electron chi connectivity index (χ0n) is 7.40. The van der Waals surface area contributed by atoms with Gasteiger partial charge in [0.25, 0.3) is 0 Å². The Morgan fingerprint density at radius 2 is 2.29 bits per heavy atom. The molecule has 2 N–H and O–H groups in total. The molecule has 0 aliphatic heterocycles. The van der Waals surface area contributed by atoms with E-state index in [0.29, 0.717) is 17.1 Å². The molecule has 3 rings (SSSR count). The molecule has 0 saturated heterocycles. The zero-order chi connectivity index (χ0) is 9.71. The molecule has 2 unspecified atom stereocenters. The van der Waals surface area contributed by atoms with Crippen LogP contribution in [-0.2, 0) is 0 Å². The van der Waals surface area contributed by atoms with Crippen LogP contribution in [0.25, 0.3) is 10.2 Å². The number of fused-ring (bicyclic) bond motifs is 1. The first-order chi connectivity index (χ1) is 6.74. The molecule has 0 radical (unpaired) electrons. The van der Waals surface area contributed by atoms with Crippen molar-refractivity contribution >= 4 is 33.2 Å². The summed E-state index contributed by atoms with van der Waals surface area (Å²) in [4.78, 5) is 5.62. The maximum Gasteiger partial charge on any atom is 0.129 e. The lowest BCUT2D eigenvalue weighted by molar-refractivity contribution is 1.01. The average Bonchev–Trinajstić information content (AvgIpc) is 2.75. The number of hydrogen-bond donors (Lipinski definition) is 1. The van der Waals surface area contributed by atoms with Crippen LogP contribution < -0.4 is 5.73 Å². The van der Waals surface area contributed by atoms with Gasteiger partial charge in [0.1, 0.15) is 5.15 Å². The Hall–Kier alpha value is -0.640. The van der Waals surface area contributed by atoms with Gasteiger partial charge in [0.15, 0.2) is 0 Å². The fourth-order valence-electron chi connectivity index (χ4n) is 1.64. The predicted octanol–water partition coefficient (Wildman–Crippen LogP) is 2.76. The monoisotopic (exact) mass is 224 g/mol. The third kappa shape index (κ3) is 1.32. The van der Waals surface area contributed by atoms with Crippen molar-refractivity contribution in [3.63, 3.8) is 0 Å². The number of nitrogens with zero attached hydrogens (tertiary/aromatic N) is 1.